The van der Waals surface area contributed by atoms with E-state index in [2.05, 4.69) is 9.97 Å². The van der Waals surface area contributed by atoms with Crippen LogP contribution >= 0.6 is 0 Å². The van der Waals surface area contributed by atoms with Gasteiger partial charge >= 0.3 is 0 Å². The minimum absolute atomic E-state index is 0.726. The van der Waals surface area contributed by atoms with E-state index in [1.54, 1.807) is 18.5 Å². The molecule has 0 unspecified atom stereocenters. The summed E-state index contributed by atoms with van der Waals surface area (Å²) in [7, 11) is 0. The summed E-state index contributed by atoms with van der Waals surface area (Å²) in [5.74, 6) is 0. The van der Waals surface area contributed by atoms with Crippen LogP contribution in [0.5, 0.6) is 0 Å². The molecule has 2 aromatic heterocycles. The zero-order valence-electron chi connectivity index (χ0n) is 7.94. The molecule has 0 amide bonds. The third-order valence-electron chi connectivity index (χ3n) is 1.98. The highest BCUT2D eigenvalue weighted by Gasteiger charge is 1.99. The monoisotopic (exact) mass is 185 g/mol. The molecule has 2 N–H and O–H groups in total. The van der Waals surface area contributed by atoms with E-state index in [9.17, 15) is 0 Å². The van der Waals surface area contributed by atoms with Gasteiger partial charge in [-0.1, -0.05) is 0 Å². The molecule has 3 nitrogen and oxygen atoms in total. The number of nitrogens with zero attached hydrogens (tertiary/aromatic N) is 2. The van der Waals surface area contributed by atoms with Crippen LogP contribution in [0.2, 0.25) is 0 Å². The van der Waals surface area contributed by atoms with Crippen LogP contribution in [0.4, 0.5) is 5.69 Å². The van der Waals surface area contributed by atoms with Gasteiger partial charge in [-0.05, 0) is 31.2 Å². The van der Waals surface area contributed by atoms with Crippen molar-refractivity contribution >= 4 is 5.69 Å². The number of pyridine rings is 2. The van der Waals surface area contributed by atoms with Crippen molar-refractivity contribution in [3.8, 4) is 11.3 Å². The number of anilines is 1. The van der Waals surface area contributed by atoms with Crippen molar-refractivity contribution in [2.45, 2.75) is 6.92 Å². The highest BCUT2D eigenvalue weighted by Crippen LogP contribution is 2.18. The van der Waals surface area contributed by atoms with Crippen molar-refractivity contribution in [2.24, 2.45) is 0 Å². The SMILES string of the molecule is Cc1cc(-c2cc(N)ccn2)ccn1. The van der Waals surface area contributed by atoms with Gasteiger partial charge in [-0.3, -0.25) is 9.97 Å². The summed E-state index contributed by atoms with van der Waals surface area (Å²) in [4.78, 5) is 8.37. The second-order valence-electron chi connectivity index (χ2n) is 3.16. The fourth-order valence-electron chi connectivity index (χ4n) is 1.31. The van der Waals surface area contributed by atoms with Gasteiger partial charge in [0.25, 0.3) is 0 Å². The zero-order chi connectivity index (χ0) is 9.97. The molecule has 2 aromatic rings. The predicted octanol–water partition coefficient (Wildman–Crippen LogP) is 2.03. The minimum Gasteiger partial charge on any atom is -0.399 e. The first kappa shape index (κ1) is 8.69. The molecule has 0 atom stereocenters. The Morgan fingerprint density at radius 1 is 1.07 bits per heavy atom. The molecule has 0 aliphatic heterocycles. The minimum atomic E-state index is 0.726. The van der Waals surface area contributed by atoms with E-state index < -0.39 is 0 Å². The summed E-state index contributed by atoms with van der Waals surface area (Å²) in [6.45, 7) is 1.95. The summed E-state index contributed by atoms with van der Waals surface area (Å²) in [5, 5.41) is 0. The predicted molar refractivity (Wildman–Crippen MR) is 56.6 cm³/mol. The molecule has 0 aromatic carbocycles. The quantitative estimate of drug-likeness (QED) is 0.739. The molecule has 0 bridgehead atoms. The lowest BCUT2D eigenvalue weighted by Gasteiger charge is -2.01. The maximum Gasteiger partial charge on any atom is 0.0723 e. The van der Waals surface area contributed by atoms with Crippen LogP contribution in [0.25, 0.3) is 11.3 Å². The zero-order valence-corrected chi connectivity index (χ0v) is 7.94. The lowest BCUT2D eigenvalue weighted by molar-refractivity contribution is 1.19. The molecule has 0 saturated carbocycles. The molecule has 14 heavy (non-hydrogen) atoms. The first-order valence-corrected chi connectivity index (χ1v) is 4.40. The largest absolute Gasteiger partial charge is 0.399 e. The van der Waals surface area contributed by atoms with Gasteiger partial charge in [0.2, 0.25) is 0 Å². The van der Waals surface area contributed by atoms with Crippen LogP contribution in [0.3, 0.4) is 0 Å². The van der Waals surface area contributed by atoms with Crippen LogP contribution in [-0.2, 0) is 0 Å². The molecule has 3 heteroatoms. The van der Waals surface area contributed by atoms with E-state index in [1.165, 1.54) is 0 Å². The summed E-state index contributed by atoms with van der Waals surface area (Å²) in [6, 6.07) is 7.54. The maximum atomic E-state index is 5.68. The summed E-state index contributed by atoms with van der Waals surface area (Å²) in [5.41, 5.74) is 9.31. The molecule has 0 spiro atoms. The summed E-state index contributed by atoms with van der Waals surface area (Å²) >= 11 is 0. The number of hydrogen-bond acceptors (Lipinski definition) is 3. The Hall–Kier alpha value is -1.90. The molecular formula is C11H11N3. The van der Waals surface area contributed by atoms with Crippen LogP contribution in [0.1, 0.15) is 5.69 Å². The van der Waals surface area contributed by atoms with Crippen LogP contribution in [0, 0.1) is 6.92 Å². The van der Waals surface area contributed by atoms with Crippen LogP contribution in [0.15, 0.2) is 36.7 Å². The smallest absolute Gasteiger partial charge is 0.0723 e. The van der Waals surface area contributed by atoms with Crippen molar-refractivity contribution < 1.29 is 0 Å². The van der Waals surface area contributed by atoms with Gasteiger partial charge in [0.1, 0.15) is 0 Å². The number of aryl methyl sites for hydroxylation is 1. The van der Waals surface area contributed by atoms with Gasteiger partial charge in [0.15, 0.2) is 0 Å². The fraction of sp³-hybridized carbons (Fsp3) is 0.0909. The number of nitrogens with two attached hydrogens (primary N) is 1. The van der Waals surface area contributed by atoms with Gasteiger partial charge in [-0.2, -0.15) is 0 Å². The van der Waals surface area contributed by atoms with Crippen molar-refractivity contribution in [2.75, 3.05) is 5.73 Å². The van der Waals surface area contributed by atoms with Gasteiger partial charge in [0, 0.05) is 29.3 Å². The Bertz CT molecular complexity index is 408. The van der Waals surface area contributed by atoms with E-state index in [0.29, 0.717) is 0 Å². The van der Waals surface area contributed by atoms with E-state index >= 15 is 0 Å². The number of hydrogen-bond donors (Lipinski definition) is 1. The standard InChI is InChI=1S/C11H11N3/c1-8-6-9(2-4-13-8)11-7-10(12)3-5-14-11/h2-7H,1H3,(H2,12,14). The second-order valence-corrected chi connectivity index (χ2v) is 3.16. The lowest BCUT2D eigenvalue weighted by Crippen LogP contribution is -1.89. The lowest BCUT2D eigenvalue weighted by atomic mass is 10.1. The number of aromatic nitrogens is 2. The highest BCUT2D eigenvalue weighted by atomic mass is 14.7. The van der Waals surface area contributed by atoms with E-state index in [1.807, 2.05) is 25.1 Å². The number of rotatable bonds is 1. The molecule has 0 saturated heterocycles. The first-order valence-electron chi connectivity index (χ1n) is 4.40. The Morgan fingerprint density at radius 2 is 1.86 bits per heavy atom. The topological polar surface area (TPSA) is 51.8 Å². The third-order valence-corrected chi connectivity index (χ3v) is 1.98. The van der Waals surface area contributed by atoms with Crippen molar-refractivity contribution in [3.63, 3.8) is 0 Å². The van der Waals surface area contributed by atoms with E-state index in [0.717, 1.165) is 22.6 Å². The van der Waals surface area contributed by atoms with E-state index in [4.69, 9.17) is 5.73 Å². The van der Waals surface area contributed by atoms with Crippen molar-refractivity contribution in [3.05, 3.63) is 42.4 Å². The van der Waals surface area contributed by atoms with Crippen LogP contribution in [-0.4, -0.2) is 9.97 Å². The summed E-state index contributed by atoms with van der Waals surface area (Å²) in [6.07, 6.45) is 3.48. The molecule has 70 valence electrons. The number of nitrogen functional groups attached to an aromatic ring is 1. The first-order chi connectivity index (χ1) is 6.75. The third kappa shape index (κ3) is 1.71. The van der Waals surface area contributed by atoms with Gasteiger partial charge in [-0.25, -0.2) is 0 Å². The molecule has 0 aliphatic carbocycles. The Balaban J connectivity index is 2.49. The second kappa shape index (κ2) is 3.46. The Labute approximate surface area is 82.6 Å². The molecule has 2 heterocycles. The molecule has 0 radical (unpaired) electrons. The van der Waals surface area contributed by atoms with Crippen molar-refractivity contribution in [1.29, 1.82) is 0 Å². The van der Waals surface area contributed by atoms with Gasteiger partial charge in [0.05, 0.1) is 5.69 Å². The Morgan fingerprint density at radius 3 is 2.57 bits per heavy atom. The molecule has 2 rings (SSSR count). The van der Waals surface area contributed by atoms with Crippen molar-refractivity contribution in [1.82, 2.24) is 9.97 Å². The molecule has 0 aliphatic rings. The summed E-state index contributed by atoms with van der Waals surface area (Å²) < 4.78 is 0. The molecular weight excluding hydrogens is 174 g/mol. The normalized spacial score (nSPS) is 10.1. The highest BCUT2D eigenvalue weighted by molar-refractivity contribution is 5.62. The maximum absolute atomic E-state index is 5.68. The van der Waals surface area contributed by atoms with Gasteiger partial charge < -0.3 is 5.73 Å². The molecule has 0 fully saturated rings. The average Bonchev–Trinajstić information content (AvgIpc) is 2.18. The van der Waals surface area contributed by atoms with E-state index in [-0.39, 0.29) is 0 Å². The average molecular weight is 185 g/mol. The van der Waals surface area contributed by atoms with Gasteiger partial charge in [-0.15, -0.1) is 0 Å². The van der Waals surface area contributed by atoms with Crippen LogP contribution < -0.4 is 5.73 Å². The Kier molecular flexibility index (Phi) is 2.14. The fourth-order valence-corrected chi connectivity index (χ4v) is 1.31.